The maximum atomic E-state index is 12.2. The number of aryl methyl sites for hydroxylation is 12. The van der Waals surface area contributed by atoms with Crippen molar-refractivity contribution in [1.29, 1.82) is 0 Å². The molecule has 0 amide bonds. The number of amidine groups is 1. The summed E-state index contributed by atoms with van der Waals surface area (Å²) >= 11 is 7.62. The van der Waals surface area contributed by atoms with E-state index in [0.717, 1.165) is 175 Å². The molecule has 22 nitrogen and oxygen atoms in total. The number of hydrogen-bond acceptors (Lipinski definition) is 23. The molecule has 2 saturated heterocycles. The Morgan fingerprint density at radius 3 is 1.33 bits per heavy atom. The molecule has 10 aromatic carbocycles. The Kier molecular flexibility index (Phi) is 41.0. The number of fused-ring (bicyclic) bond motifs is 1. The Morgan fingerprint density at radius 2 is 0.870 bits per heavy atom. The third kappa shape index (κ3) is 33.6. The van der Waals surface area contributed by atoms with E-state index in [2.05, 4.69) is 137 Å². The first-order chi connectivity index (χ1) is 69.2. The molecule has 0 bridgehead atoms. The van der Waals surface area contributed by atoms with Gasteiger partial charge in [0.2, 0.25) is 0 Å². The first-order valence-electron chi connectivity index (χ1n) is 51.3. The molecule has 16 rings (SSSR count). The summed E-state index contributed by atoms with van der Waals surface area (Å²) in [4.78, 5) is 16.2. The van der Waals surface area contributed by atoms with Crippen LogP contribution >= 0.6 is 22.9 Å². The van der Waals surface area contributed by atoms with E-state index in [4.69, 9.17) is 20.8 Å². The predicted octanol–water partition coefficient (Wildman–Crippen LogP) is 22.4. The molecule has 2 atom stereocenters. The highest BCUT2D eigenvalue weighted by Crippen LogP contribution is 2.38. The number of halogens is 1. The monoisotopic (exact) mass is 2120 g/mol. The topological polar surface area (TPSA) is 302 Å². The fraction of sp³-hybridized carbons (Fsp3) is 0.436. The predicted molar refractivity (Wildman–Crippen MR) is 600 cm³/mol. The molecule has 2 aromatic heterocycles. The molecule has 12 aromatic rings. The summed E-state index contributed by atoms with van der Waals surface area (Å²) in [5.41, 5.74) is 27.9. The molecule has 0 spiro atoms. The number of piperidine rings is 1. The summed E-state index contributed by atoms with van der Waals surface area (Å²) < 4.78 is 132. The van der Waals surface area contributed by atoms with Crippen molar-refractivity contribution in [2.24, 2.45) is 16.9 Å². The number of nitrogens with zero attached hydrogens (tertiary/aromatic N) is 6. The number of aliphatic hydroxyl groups is 1. The summed E-state index contributed by atoms with van der Waals surface area (Å²) in [5.74, 6) is 2.68. The van der Waals surface area contributed by atoms with Gasteiger partial charge in [0.25, 0.3) is 0 Å². The van der Waals surface area contributed by atoms with E-state index in [0.29, 0.717) is 41.0 Å². The SMILES string of the molecule is CC(C)S(=O)(=O)CC1CCC(CCc2ccc(N3CCC(O)(c4ccc(Cl)cc4)CC3)cc2)CC1.CC(C)S(=O)(=O)Cc1ccc(CCc2ccc(C3=NNNN3C)cc2)cc1.CC(C)S(=O)(=O)Cc1ccc(CCc2nnc(-c3ccccc3)s2)cc1.Cc1c(CCc2ccc(CS(=O)(=O)C(C)C)cc2)ccc2oc(=O)ccc12.Cc1cc(N2C[C@@H](C)O[C@@H](C)C2)c(C)cc1CCc1ccc(CS(=O)(=O)C(C)C)cc1. The van der Waals surface area contributed by atoms with Crippen molar-refractivity contribution >= 4 is 100 Å². The summed E-state index contributed by atoms with van der Waals surface area (Å²) in [5, 5.41) is 27.7. The van der Waals surface area contributed by atoms with Gasteiger partial charge in [-0.1, -0.05) is 224 Å². The quantitative estimate of drug-likeness (QED) is 0.0311. The summed E-state index contributed by atoms with van der Waals surface area (Å²) in [6, 6.07) is 78.3. The highest BCUT2D eigenvalue weighted by Gasteiger charge is 2.35. The molecule has 146 heavy (non-hydrogen) atoms. The lowest BCUT2D eigenvalue weighted by Gasteiger charge is -2.39. The van der Waals surface area contributed by atoms with Crippen LogP contribution in [0, 0.1) is 32.6 Å². The average Bonchev–Trinajstić information content (AvgIpc) is 1.03. The Labute approximate surface area is 877 Å². The number of morpholine rings is 1. The fourth-order valence-electron chi connectivity index (χ4n) is 18.4. The van der Waals surface area contributed by atoms with Crippen LogP contribution in [-0.4, -0.2) is 146 Å². The van der Waals surface area contributed by atoms with Crippen molar-refractivity contribution in [3.05, 3.63) is 352 Å². The van der Waals surface area contributed by atoms with Crippen LogP contribution < -0.4 is 26.5 Å². The van der Waals surface area contributed by atoms with Crippen molar-refractivity contribution in [3.8, 4) is 10.6 Å². The van der Waals surface area contributed by atoms with Crippen LogP contribution in [0.4, 0.5) is 11.4 Å². The van der Waals surface area contributed by atoms with Gasteiger partial charge >= 0.3 is 5.63 Å². The van der Waals surface area contributed by atoms with Crippen LogP contribution in [-0.2, 0) is 140 Å². The molecule has 3 aliphatic heterocycles. The van der Waals surface area contributed by atoms with E-state index in [1.54, 1.807) is 80.6 Å². The van der Waals surface area contributed by atoms with Crippen LogP contribution in [0.1, 0.15) is 228 Å². The Balaban J connectivity index is 0.000000163. The number of sulfone groups is 5. The zero-order valence-corrected chi connectivity index (χ0v) is 93.3. The first-order valence-corrected chi connectivity index (χ1v) is 61.0. The zero-order valence-electron chi connectivity index (χ0n) is 87.7. The van der Waals surface area contributed by atoms with Gasteiger partial charge in [0.1, 0.15) is 15.6 Å². The lowest BCUT2D eigenvalue weighted by molar-refractivity contribution is -0.00526. The molecule has 784 valence electrons. The average molecular weight is 2120 g/mol. The number of hydrazine groups is 2. The maximum absolute atomic E-state index is 12.2. The number of hydrogen-bond donors (Lipinski definition) is 3. The minimum absolute atomic E-state index is 0.0833. The highest BCUT2D eigenvalue weighted by atomic mass is 35.5. The molecule has 0 unspecified atom stereocenters. The van der Waals surface area contributed by atoms with Crippen LogP contribution in [0.2, 0.25) is 5.02 Å². The van der Waals surface area contributed by atoms with Crippen molar-refractivity contribution in [3.63, 3.8) is 0 Å². The minimum Gasteiger partial charge on any atom is -0.423 e. The number of nitrogens with one attached hydrogen (secondary N) is 2. The minimum atomic E-state index is -3.08. The van der Waals surface area contributed by atoms with Gasteiger partial charge in [-0.25, -0.2) is 52.4 Å². The van der Waals surface area contributed by atoms with Gasteiger partial charge < -0.3 is 24.1 Å². The molecule has 29 heteroatoms. The molecule has 1 aliphatic carbocycles. The largest absolute Gasteiger partial charge is 0.423 e. The highest BCUT2D eigenvalue weighted by molar-refractivity contribution is 7.92. The van der Waals surface area contributed by atoms with E-state index >= 15 is 0 Å². The van der Waals surface area contributed by atoms with Crippen LogP contribution in [0.3, 0.4) is 0 Å². The van der Waals surface area contributed by atoms with Crippen LogP contribution in [0.15, 0.2) is 251 Å². The summed E-state index contributed by atoms with van der Waals surface area (Å²) in [6.45, 7) is 31.6. The number of aromatic nitrogens is 2. The van der Waals surface area contributed by atoms with Gasteiger partial charge in [-0.3, -0.25) is 5.01 Å². The Morgan fingerprint density at radius 1 is 0.445 bits per heavy atom. The van der Waals surface area contributed by atoms with E-state index in [-0.39, 0.29) is 67.1 Å². The second-order valence-corrected chi connectivity index (χ2v) is 55.5. The van der Waals surface area contributed by atoms with Crippen LogP contribution in [0.25, 0.3) is 21.5 Å². The normalized spacial score (nSPS) is 16.7. The van der Waals surface area contributed by atoms with E-state index in [1.165, 1.54) is 79.5 Å². The first kappa shape index (κ1) is 114. The second-order valence-electron chi connectivity index (χ2n) is 41.2. The lowest BCUT2D eigenvalue weighted by atomic mass is 9.80. The summed E-state index contributed by atoms with van der Waals surface area (Å²) in [7, 11) is -13.3. The van der Waals surface area contributed by atoms with Crippen molar-refractivity contribution in [2.75, 3.05) is 48.8 Å². The van der Waals surface area contributed by atoms with E-state index in [9.17, 15) is 52.0 Å². The van der Waals surface area contributed by atoms with Gasteiger partial charge in [0.05, 0.1) is 72.8 Å². The Hall–Kier alpha value is -10.2. The third-order valence-electron chi connectivity index (χ3n) is 28.4. The van der Waals surface area contributed by atoms with Crippen molar-refractivity contribution < 1.29 is 56.3 Å². The number of benzene rings is 10. The second kappa shape index (κ2) is 52.3. The van der Waals surface area contributed by atoms with Gasteiger partial charge in [0.15, 0.2) is 55.0 Å². The van der Waals surface area contributed by atoms with Crippen molar-refractivity contribution in [1.82, 2.24) is 26.3 Å². The maximum Gasteiger partial charge on any atom is 0.336 e. The molecule has 3 N–H and O–H groups in total. The number of hydrazone groups is 1. The van der Waals surface area contributed by atoms with E-state index in [1.807, 2.05) is 177 Å². The Bertz CT molecular complexity index is 6950. The number of anilines is 2. The van der Waals surface area contributed by atoms with Crippen molar-refractivity contribution in [2.45, 2.75) is 274 Å². The molecule has 1 saturated carbocycles. The van der Waals surface area contributed by atoms with Gasteiger partial charge in [-0.2, -0.15) is 0 Å². The fourth-order valence-corrected chi connectivity index (χ4v) is 24.7. The van der Waals surface area contributed by atoms with Gasteiger partial charge in [0, 0.05) is 78.6 Å². The standard InChI is InChI=1S/C29H40ClNO3S.C26H37NO3S.C22H24O4S.C20H26N4O2S.C20H22N2O2S2/c1-22(2)35(33,34)21-25-7-5-23(6-8-25)3-4-24-9-15-28(16-10-24)31-19-17-29(32,18-20-31)26-11-13-27(30)14-12-26;1-18(2)31(28,29)17-24-9-7-23(8-10-24)11-12-25-13-20(4)26(14-19(25)3)27-15-21(5)30-22(6)16-27;1-15(2)27(24,25)14-18-6-4-17(5-7-18)8-9-19-10-12-21-20(16(19)3)11-13-22(23)26-21;1-15(2)27(25,26)14-18-8-6-16(7-9-18)4-5-17-10-12-19(13-11-17)20-21-22-23-24(20)3;1-15(2)26(23,24)14-17-10-8-16(9-11-17)12-13-19-21-22-20(25-19)18-6-4-3-5-7-18/h9-16,22-23,25,32H,3-8,17-21H2,1-2H3;7-10,13-14,18,21-22H,11-12,15-17H2,1-6H3;4-7,10-13,15H,8-9,14H2,1-3H3;6-13,15,22-23H,4-5,14H2,1-3H3;3-11,15H,12-14H2,1-2H3/t;21-,22+;;;. The third-order valence-corrected chi connectivity index (χ3v) is 40.7. The molecular weight excluding hydrogens is 1970 g/mol. The van der Waals surface area contributed by atoms with Gasteiger partial charge in [-0.05, 0) is 331 Å². The zero-order chi connectivity index (χ0) is 105. The number of rotatable bonds is 35. The van der Waals surface area contributed by atoms with Gasteiger partial charge in [-0.15, -0.1) is 20.8 Å². The number of ether oxygens (including phenoxy) is 1. The molecule has 3 fully saturated rings. The lowest BCUT2D eigenvalue weighted by Crippen LogP contribution is -2.45. The smallest absolute Gasteiger partial charge is 0.336 e. The molecular formula is C117H149ClN8O14S6. The molecule has 4 aliphatic rings. The summed E-state index contributed by atoms with van der Waals surface area (Å²) in [6.07, 6.45) is 15.8. The van der Waals surface area contributed by atoms with Crippen LogP contribution in [0.5, 0.6) is 0 Å². The molecule has 0 radical (unpaired) electrons. The molecule has 5 heterocycles. The van der Waals surface area contributed by atoms with E-state index < -0.39 is 54.8 Å².